The van der Waals surface area contributed by atoms with Gasteiger partial charge in [0.05, 0.1) is 22.7 Å². The van der Waals surface area contributed by atoms with Gasteiger partial charge in [-0.2, -0.15) is 0 Å². The van der Waals surface area contributed by atoms with E-state index in [1.165, 1.54) is 0 Å². The maximum Gasteiger partial charge on any atom is 0.266 e. The average Bonchev–Trinajstić information content (AvgIpc) is 3.01. The highest BCUT2D eigenvalue weighted by Crippen LogP contribution is 2.35. The number of fused-ring (bicyclic) bond motifs is 1. The van der Waals surface area contributed by atoms with E-state index in [4.69, 9.17) is 0 Å². The van der Waals surface area contributed by atoms with Crippen LogP contribution in [-0.4, -0.2) is 23.7 Å². The first kappa shape index (κ1) is 20.5. The molecule has 2 atom stereocenters. The van der Waals surface area contributed by atoms with Crippen molar-refractivity contribution in [1.29, 1.82) is 0 Å². The fourth-order valence-electron chi connectivity index (χ4n) is 4.17. The number of hydrogen-bond acceptors (Lipinski definition) is 5. The molecule has 7 nitrogen and oxygen atoms in total. The van der Waals surface area contributed by atoms with Gasteiger partial charge in [0, 0.05) is 17.6 Å². The van der Waals surface area contributed by atoms with Crippen molar-refractivity contribution in [3.05, 3.63) is 70.8 Å². The maximum atomic E-state index is 12.8. The lowest BCUT2D eigenvalue weighted by atomic mass is 9.76. The standard InChI is InChI=1S/C24H22N2O5/c1-13-11-19(20(24(30)31)12-14(13)2)21(27)25-15-7-9-16(10-8-15)26-22(28)17-5-3-4-6-18(17)23(26)29/h3-10,19-20H,11-12H2,1-2H3,(H,25,27)(H,30,31)/p-1/t19-,20-/m1/s1. The molecule has 0 saturated carbocycles. The molecule has 1 aliphatic heterocycles. The summed E-state index contributed by atoms with van der Waals surface area (Å²) >= 11 is 0. The van der Waals surface area contributed by atoms with E-state index in [2.05, 4.69) is 5.32 Å². The third kappa shape index (κ3) is 3.63. The zero-order valence-corrected chi connectivity index (χ0v) is 17.2. The van der Waals surface area contributed by atoms with Crippen molar-refractivity contribution in [3.63, 3.8) is 0 Å². The smallest absolute Gasteiger partial charge is 0.266 e. The first-order valence-electron chi connectivity index (χ1n) is 10.0. The van der Waals surface area contributed by atoms with Gasteiger partial charge < -0.3 is 15.2 Å². The molecule has 1 N–H and O–H groups in total. The van der Waals surface area contributed by atoms with Crippen molar-refractivity contribution in [3.8, 4) is 0 Å². The molecule has 4 rings (SSSR count). The fourth-order valence-corrected chi connectivity index (χ4v) is 4.17. The Hall–Kier alpha value is -3.74. The predicted molar refractivity (Wildman–Crippen MR) is 112 cm³/mol. The lowest BCUT2D eigenvalue weighted by Gasteiger charge is -2.32. The van der Waals surface area contributed by atoms with Crippen molar-refractivity contribution in [2.45, 2.75) is 26.7 Å². The van der Waals surface area contributed by atoms with Crippen LogP contribution in [-0.2, 0) is 9.59 Å². The summed E-state index contributed by atoms with van der Waals surface area (Å²) in [6.07, 6.45) is 0.661. The second-order valence-electron chi connectivity index (χ2n) is 8.03. The van der Waals surface area contributed by atoms with Crippen molar-refractivity contribution in [2.75, 3.05) is 10.2 Å². The number of carbonyl (C=O) groups excluding carboxylic acids is 4. The fraction of sp³-hybridized carbons (Fsp3) is 0.250. The number of aliphatic carboxylic acids is 1. The normalized spacial score (nSPS) is 20.6. The van der Waals surface area contributed by atoms with E-state index in [0.717, 1.165) is 16.0 Å². The predicted octanol–water partition coefficient (Wildman–Crippen LogP) is 2.54. The van der Waals surface area contributed by atoms with Crippen LogP contribution in [0.1, 0.15) is 47.4 Å². The summed E-state index contributed by atoms with van der Waals surface area (Å²) < 4.78 is 0. The summed E-state index contributed by atoms with van der Waals surface area (Å²) in [6, 6.07) is 12.9. The number of nitrogens with one attached hydrogen (secondary N) is 1. The van der Waals surface area contributed by atoms with Gasteiger partial charge >= 0.3 is 0 Å². The van der Waals surface area contributed by atoms with Gasteiger partial charge in [-0.3, -0.25) is 14.4 Å². The van der Waals surface area contributed by atoms with Crippen LogP contribution in [0.4, 0.5) is 11.4 Å². The highest BCUT2D eigenvalue weighted by atomic mass is 16.4. The van der Waals surface area contributed by atoms with Crippen molar-refractivity contribution in [2.24, 2.45) is 11.8 Å². The Labute approximate surface area is 179 Å². The minimum Gasteiger partial charge on any atom is -0.550 e. The van der Waals surface area contributed by atoms with E-state index in [0.29, 0.717) is 35.3 Å². The van der Waals surface area contributed by atoms with Crippen LogP contribution >= 0.6 is 0 Å². The van der Waals surface area contributed by atoms with Gasteiger partial charge in [-0.25, -0.2) is 4.90 Å². The lowest BCUT2D eigenvalue weighted by Crippen LogP contribution is -2.42. The molecule has 0 aromatic heterocycles. The minimum absolute atomic E-state index is 0.297. The first-order chi connectivity index (χ1) is 14.8. The van der Waals surface area contributed by atoms with E-state index >= 15 is 0 Å². The van der Waals surface area contributed by atoms with Crippen LogP contribution < -0.4 is 15.3 Å². The quantitative estimate of drug-likeness (QED) is 0.608. The Kier molecular flexibility index (Phi) is 5.19. The molecule has 0 saturated heterocycles. The number of carboxylic acids is 1. The largest absolute Gasteiger partial charge is 0.550 e. The number of rotatable bonds is 4. The highest BCUT2D eigenvalue weighted by Gasteiger charge is 2.36. The van der Waals surface area contributed by atoms with Gasteiger partial charge in [0.1, 0.15) is 0 Å². The van der Waals surface area contributed by atoms with Crippen molar-refractivity contribution in [1.82, 2.24) is 0 Å². The number of anilines is 2. The van der Waals surface area contributed by atoms with Gasteiger partial charge in [-0.15, -0.1) is 0 Å². The number of hydrogen-bond donors (Lipinski definition) is 1. The zero-order valence-electron chi connectivity index (χ0n) is 17.2. The molecule has 0 spiro atoms. The van der Waals surface area contributed by atoms with Crippen LogP contribution in [0.2, 0.25) is 0 Å². The summed E-state index contributed by atoms with van der Waals surface area (Å²) in [4.78, 5) is 50.6. The summed E-state index contributed by atoms with van der Waals surface area (Å²) in [6.45, 7) is 3.77. The third-order valence-corrected chi connectivity index (χ3v) is 6.09. The number of carbonyl (C=O) groups is 4. The molecule has 158 valence electrons. The molecule has 2 aromatic rings. The highest BCUT2D eigenvalue weighted by molar-refractivity contribution is 6.34. The number of amides is 3. The Bertz CT molecular complexity index is 1100. The molecular formula is C24H21N2O5-. The van der Waals surface area contributed by atoms with E-state index < -0.39 is 35.5 Å². The summed E-state index contributed by atoms with van der Waals surface area (Å²) in [5, 5.41) is 14.3. The van der Waals surface area contributed by atoms with E-state index in [1.54, 1.807) is 48.5 Å². The molecule has 3 amide bonds. The van der Waals surface area contributed by atoms with E-state index in [1.807, 2.05) is 13.8 Å². The number of carboxylic acid groups (broad SMARTS) is 1. The maximum absolute atomic E-state index is 12.8. The molecule has 0 unspecified atom stereocenters. The number of imide groups is 1. The van der Waals surface area contributed by atoms with Gasteiger partial charge in [-0.1, -0.05) is 23.3 Å². The monoisotopic (exact) mass is 417 g/mol. The topological polar surface area (TPSA) is 107 Å². The molecule has 7 heteroatoms. The second kappa shape index (κ2) is 7.83. The Morgan fingerprint density at radius 2 is 1.39 bits per heavy atom. The molecule has 2 aliphatic rings. The summed E-state index contributed by atoms with van der Waals surface area (Å²) in [5.41, 5.74) is 3.54. The lowest BCUT2D eigenvalue weighted by molar-refractivity contribution is -0.313. The summed E-state index contributed by atoms with van der Waals surface area (Å²) in [7, 11) is 0. The molecule has 2 aromatic carbocycles. The van der Waals surface area contributed by atoms with Crippen molar-refractivity contribution < 1.29 is 24.3 Å². The Balaban J connectivity index is 1.51. The zero-order chi connectivity index (χ0) is 22.3. The Morgan fingerprint density at radius 1 is 0.871 bits per heavy atom. The first-order valence-corrected chi connectivity index (χ1v) is 10.0. The van der Waals surface area contributed by atoms with Gasteiger partial charge in [0.25, 0.3) is 11.8 Å². The van der Waals surface area contributed by atoms with Crippen LogP contribution in [0.3, 0.4) is 0 Å². The SMILES string of the molecule is CC1=C(C)C[C@@H](C(=O)Nc2ccc(N3C(=O)c4ccccc4C3=O)cc2)[C@H](C(=O)[O-])C1. The number of nitrogens with zero attached hydrogens (tertiary/aromatic N) is 1. The van der Waals surface area contributed by atoms with Crippen molar-refractivity contribution >= 4 is 35.1 Å². The molecular weight excluding hydrogens is 396 g/mol. The van der Waals surface area contributed by atoms with E-state index in [9.17, 15) is 24.3 Å². The van der Waals surface area contributed by atoms with Crippen LogP contribution in [0.5, 0.6) is 0 Å². The van der Waals surface area contributed by atoms with Gasteiger partial charge in [-0.05, 0) is 63.1 Å². The number of benzene rings is 2. The third-order valence-electron chi connectivity index (χ3n) is 6.09. The summed E-state index contributed by atoms with van der Waals surface area (Å²) in [5.74, 6) is -4.00. The minimum atomic E-state index is -1.23. The molecule has 0 fully saturated rings. The molecule has 0 radical (unpaired) electrons. The van der Waals surface area contributed by atoms with Gasteiger partial charge in [0.15, 0.2) is 0 Å². The van der Waals surface area contributed by atoms with Gasteiger partial charge in [0.2, 0.25) is 5.91 Å². The molecule has 0 bridgehead atoms. The average molecular weight is 417 g/mol. The second-order valence-corrected chi connectivity index (χ2v) is 8.03. The number of allylic oxidation sites excluding steroid dienone is 2. The van der Waals surface area contributed by atoms with Crippen LogP contribution in [0.15, 0.2) is 59.7 Å². The molecule has 1 aliphatic carbocycles. The Morgan fingerprint density at radius 3 is 1.90 bits per heavy atom. The van der Waals surface area contributed by atoms with Crippen LogP contribution in [0.25, 0.3) is 0 Å². The van der Waals surface area contributed by atoms with E-state index in [-0.39, 0.29) is 0 Å². The molecule has 1 heterocycles. The molecule has 31 heavy (non-hydrogen) atoms. The van der Waals surface area contributed by atoms with Crippen LogP contribution in [0, 0.1) is 11.8 Å².